The van der Waals surface area contributed by atoms with Gasteiger partial charge in [0.1, 0.15) is 11.5 Å². The fourth-order valence-corrected chi connectivity index (χ4v) is 5.38. The summed E-state index contributed by atoms with van der Waals surface area (Å²) in [4.78, 5) is 28.5. The van der Waals surface area contributed by atoms with Crippen LogP contribution in [0.4, 0.5) is 0 Å². The minimum Gasteiger partial charge on any atom is -0.457 e. The van der Waals surface area contributed by atoms with Crippen molar-refractivity contribution in [1.29, 1.82) is 0 Å². The molecule has 4 rings (SSSR count). The summed E-state index contributed by atoms with van der Waals surface area (Å²) in [5.41, 5.74) is 2.58. The maximum absolute atomic E-state index is 13.5. The van der Waals surface area contributed by atoms with E-state index in [1.807, 2.05) is 91.5 Å². The molecule has 236 valence electrons. The summed E-state index contributed by atoms with van der Waals surface area (Å²) in [5, 5.41) is 18.2. The lowest BCUT2D eigenvalue weighted by Crippen LogP contribution is -2.48. The van der Waals surface area contributed by atoms with Gasteiger partial charge in [0.25, 0.3) is 11.8 Å². The Kier molecular flexibility index (Phi) is 13.0. The van der Waals surface area contributed by atoms with Crippen LogP contribution in [0.3, 0.4) is 0 Å². The summed E-state index contributed by atoms with van der Waals surface area (Å²) in [5.74, 6) is 0.872. The molecular weight excluding hydrogens is 586 g/mol. The van der Waals surface area contributed by atoms with E-state index in [1.165, 1.54) is 0 Å². The molecule has 0 fully saturated rings. The Bertz CT molecular complexity index is 1510. The van der Waals surface area contributed by atoms with E-state index in [1.54, 1.807) is 30.3 Å². The molecule has 0 radical (unpaired) electrons. The molecule has 0 spiro atoms. The van der Waals surface area contributed by atoms with Gasteiger partial charge in [-0.2, -0.15) is 0 Å². The fraction of sp³-hybridized carbons (Fsp3) is 0.297. The molecule has 2 atom stereocenters. The first kappa shape index (κ1) is 33.7. The number of nitrogens with one attached hydrogen (secondary N) is 2. The van der Waals surface area contributed by atoms with Crippen molar-refractivity contribution < 1.29 is 19.4 Å². The zero-order valence-corrected chi connectivity index (χ0v) is 26.7. The molecule has 7 nitrogen and oxygen atoms in total. The van der Waals surface area contributed by atoms with Crippen molar-refractivity contribution >= 4 is 23.4 Å². The van der Waals surface area contributed by atoms with Crippen LogP contribution in [0.2, 0.25) is 5.02 Å². The first-order chi connectivity index (χ1) is 21.9. The van der Waals surface area contributed by atoms with Gasteiger partial charge >= 0.3 is 0 Å². The first-order valence-corrected chi connectivity index (χ1v) is 15.9. The molecule has 0 saturated carbocycles. The third-order valence-electron chi connectivity index (χ3n) is 7.43. The van der Waals surface area contributed by atoms with E-state index in [0.29, 0.717) is 53.7 Å². The van der Waals surface area contributed by atoms with Crippen LogP contribution in [-0.4, -0.2) is 53.6 Å². The Hall–Kier alpha value is -4.17. The Morgan fingerprint density at radius 1 is 0.844 bits per heavy atom. The van der Waals surface area contributed by atoms with Crippen LogP contribution in [0.1, 0.15) is 58.5 Å². The van der Waals surface area contributed by atoms with Crippen molar-refractivity contribution in [3.63, 3.8) is 0 Å². The van der Waals surface area contributed by atoms with Gasteiger partial charge in [-0.15, -0.1) is 0 Å². The third kappa shape index (κ3) is 9.91. The van der Waals surface area contributed by atoms with Crippen LogP contribution in [0.25, 0.3) is 0 Å². The zero-order chi connectivity index (χ0) is 32.0. The molecule has 0 aromatic heterocycles. The summed E-state index contributed by atoms with van der Waals surface area (Å²) in [7, 11) is 0. The molecule has 3 N–H and O–H groups in total. The number of hydrogen-bond acceptors (Lipinski definition) is 5. The number of carbonyl (C=O) groups excluding carboxylic acids is 2. The number of halogens is 1. The predicted octanol–water partition coefficient (Wildman–Crippen LogP) is 6.89. The van der Waals surface area contributed by atoms with Crippen LogP contribution in [-0.2, 0) is 13.0 Å². The number of para-hydroxylation sites is 1. The number of hydrogen-bond donors (Lipinski definition) is 3. The van der Waals surface area contributed by atoms with Crippen LogP contribution in [0.5, 0.6) is 11.5 Å². The minimum absolute atomic E-state index is 0.0893. The fourth-order valence-electron chi connectivity index (χ4n) is 5.14. The van der Waals surface area contributed by atoms with Crippen LogP contribution >= 0.6 is 11.6 Å². The minimum atomic E-state index is -0.926. The molecule has 4 aromatic rings. The highest BCUT2D eigenvalue weighted by atomic mass is 35.5. The normalized spacial score (nSPS) is 12.3. The number of aliphatic hydroxyl groups is 1. The molecule has 8 heteroatoms. The van der Waals surface area contributed by atoms with Crippen molar-refractivity contribution in [2.24, 2.45) is 0 Å². The number of ether oxygens (including phenoxy) is 1. The van der Waals surface area contributed by atoms with E-state index in [-0.39, 0.29) is 18.4 Å². The summed E-state index contributed by atoms with van der Waals surface area (Å²) in [6, 6.07) is 30.8. The van der Waals surface area contributed by atoms with Crippen molar-refractivity contribution in [2.45, 2.75) is 51.8 Å². The molecule has 0 saturated heterocycles. The molecule has 0 heterocycles. The van der Waals surface area contributed by atoms with Crippen molar-refractivity contribution in [2.75, 3.05) is 19.6 Å². The second kappa shape index (κ2) is 17.4. The van der Waals surface area contributed by atoms with Crippen molar-refractivity contribution in [1.82, 2.24) is 15.5 Å². The third-order valence-corrected chi connectivity index (χ3v) is 7.78. The smallest absolute Gasteiger partial charge is 0.253 e. The van der Waals surface area contributed by atoms with Gasteiger partial charge in [-0.25, -0.2) is 0 Å². The second-order valence-electron chi connectivity index (χ2n) is 11.0. The monoisotopic (exact) mass is 627 g/mol. The van der Waals surface area contributed by atoms with Crippen LogP contribution < -0.4 is 15.4 Å². The van der Waals surface area contributed by atoms with Gasteiger partial charge < -0.3 is 25.4 Å². The quantitative estimate of drug-likeness (QED) is 0.126. The SMILES string of the molecule is CCCN(CCC)C(=O)c1cccc(C(=O)N[C@@H](Cc2ccccc2)[C@H](O)CNCc2c(Cl)cccc2Oc2ccccc2)c1. The average molecular weight is 628 g/mol. The van der Waals surface area contributed by atoms with Gasteiger partial charge in [0.15, 0.2) is 0 Å². The molecule has 45 heavy (non-hydrogen) atoms. The summed E-state index contributed by atoms with van der Waals surface area (Å²) in [6.07, 6.45) is 1.21. The highest BCUT2D eigenvalue weighted by molar-refractivity contribution is 6.31. The van der Waals surface area contributed by atoms with Crippen LogP contribution in [0, 0.1) is 0 Å². The zero-order valence-electron chi connectivity index (χ0n) is 25.9. The van der Waals surface area contributed by atoms with Crippen molar-refractivity contribution in [3.05, 3.63) is 130 Å². The number of rotatable bonds is 16. The van der Waals surface area contributed by atoms with Gasteiger partial charge in [0.2, 0.25) is 0 Å². The highest BCUT2D eigenvalue weighted by Gasteiger charge is 2.24. The average Bonchev–Trinajstić information content (AvgIpc) is 3.06. The van der Waals surface area contributed by atoms with E-state index < -0.39 is 12.1 Å². The lowest BCUT2D eigenvalue weighted by atomic mass is 10.00. The molecular formula is C37H42ClN3O4. The van der Waals surface area contributed by atoms with E-state index in [2.05, 4.69) is 10.6 Å². The Balaban J connectivity index is 1.46. The van der Waals surface area contributed by atoms with Crippen molar-refractivity contribution in [3.8, 4) is 11.5 Å². The molecule has 2 amide bonds. The van der Waals surface area contributed by atoms with E-state index in [0.717, 1.165) is 24.0 Å². The molecule has 0 unspecified atom stereocenters. The van der Waals surface area contributed by atoms with E-state index >= 15 is 0 Å². The Morgan fingerprint density at radius 3 is 2.18 bits per heavy atom. The molecule has 0 aliphatic carbocycles. The highest BCUT2D eigenvalue weighted by Crippen LogP contribution is 2.30. The number of benzene rings is 4. The summed E-state index contributed by atoms with van der Waals surface area (Å²) < 4.78 is 6.07. The molecule has 0 aliphatic heterocycles. The number of nitrogens with zero attached hydrogens (tertiary/aromatic N) is 1. The van der Waals surface area contributed by atoms with Gasteiger partial charge in [-0.1, -0.05) is 86.1 Å². The topological polar surface area (TPSA) is 90.9 Å². The van der Waals surface area contributed by atoms with E-state index in [4.69, 9.17) is 16.3 Å². The Labute approximate surface area is 271 Å². The van der Waals surface area contributed by atoms with Gasteiger partial charge in [0.05, 0.1) is 12.1 Å². The standard InChI is InChI=1S/C37H42ClN3O4/c1-3-21-41(22-4-2)37(44)29-16-11-15-28(24-29)36(43)40-33(23-27-13-7-5-8-14-27)34(42)26-39-25-31-32(38)19-12-20-35(31)45-30-17-9-6-10-18-30/h5-20,24,33-34,39,42H,3-4,21-23,25-26H2,1-2H3,(H,40,43)/t33-,34+/m0/s1. The Morgan fingerprint density at radius 2 is 1.49 bits per heavy atom. The number of amides is 2. The second-order valence-corrected chi connectivity index (χ2v) is 11.4. The number of aliphatic hydroxyl groups excluding tert-OH is 1. The lowest BCUT2D eigenvalue weighted by molar-refractivity contribution is 0.0755. The first-order valence-electron chi connectivity index (χ1n) is 15.5. The van der Waals surface area contributed by atoms with E-state index in [9.17, 15) is 14.7 Å². The maximum atomic E-state index is 13.5. The molecule has 4 aromatic carbocycles. The summed E-state index contributed by atoms with van der Waals surface area (Å²) in [6.45, 7) is 5.94. The molecule has 0 aliphatic rings. The number of carbonyl (C=O) groups is 2. The summed E-state index contributed by atoms with van der Waals surface area (Å²) >= 11 is 6.54. The lowest BCUT2D eigenvalue weighted by Gasteiger charge is -2.25. The largest absolute Gasteiger partial charge is 0.457 e. The predicted molar refractivity (Wildman–Crippen MR) is 180 cm³/mol. The van der Waals surface area contributed by atoms with Gasteiger partial charge in [0, 0.05) is 47.9 Å². The maximum Gasteiger partial charge on any atom is 0.253 e. The van der Waals surface area contributed by atoms with Gasteiger partial charge in [-0.05, 0) is 67.3 Å². The van der Waals surface area contributed by atoms with Gasteiger partial charge in [-0.3, -0.25) is 9.59 Å². The molecule has 0 bridgehead atoms. The van der Waals surface area contributed by atoms with Crippen LogP contribution in [0.15, 0.2) is 103 Å².